The number of nitrogens with one attached hydrogen (secondary N) is 2. The van der Waals surface area contributed by atoms with E-state index in [-0.39, 0.29) is 16.1 Å². The lowest BCUT2D eigenvalue weighted by Crippen LogP contribution is -2.72. The molecule has 3 unspecified atom stereocenters. The molecule has 3 rings (SSSR count). The maximum absolute atomic E-state index is 13.8. The number of thiocarbonyl (C=S) groups is 1. The molecule has 7 nitrogen and oxygen atoms in total. The summed E-state index contributed by atoms with van der Waals surface area (Å²) in [7, 11) is 0. The maximum atomic E-state index is 13.8. The summed E-state index contributed by atoms with van der Waals surface area (Å²) in [6.45, 7) is 0. The number of carbonyl (C=O) groups is 1. The minimum absolute atomic E-state index is 0.000441. The normalized spacial score (nSPS) is 24.9. The van der Waals surface area contributed by atoms with Gasteiger partial charge in [0.25, 0.3) is 5.69 Å². The van der Waals surface area contributed by atoms with Crippen LogP contribution >= 0.6 is 23.6 Å². The van der Waals surface area contributed by atoms with E-state index >= 15 is 0 Å². The number of nitro groups is 1. The van der Waals surface area contributed by atoms with E-state index in [1.165, 1.54) is 29.6 Å². The summed E-state index contributed by atoms with van der Waals surface area (Å²) in [6.07, 6.45) is -5.25. The molecular formula is C16H12F3N3O4S2. The third-order valence-electron chi connectivity index (χ3n) is 4.29. The van der Waals surface area contributed by atoms with Crippen molar-refractivity contribution in [2.24, 2.45) is 5.92 Å². The summed E-state index contributed by atoms with van der Waals surface area (Å²) in [5.41, 5.74) is -4.02. The second-order valence-corrected chi connectivity index (χ2v) is 7.37. The minimum Gasteiger partial charge on any atom is -0.363 e. The molecule has 1 aliphatic rings. The van der Waals surface area contributed by atoms with Crippen molar-refractivity contribution in [2.75, 3.05) is 0 Å². The predicted octanol–water partition coefficient (Wildman–Crippen LogP) is 2.93. The molecule has 1 aliphatic heterocycles. The number of hydrogen-bond acceptors (Lipinski definition) is 6. The van der Waals surface area contributed by atoms with Crippen LogP contribution in [0, 0.1) is 16.0 Å². The van der Waals surface area contributed by atoms with Gasteiger partial charge in [0.1, 0.15) is 5.92 Å². The molecule has 3 atom stereocenters. The van der Waals surface area contributed by atoms with E-state index in [4.69, 9.17) is 12.2 Å². The molecule has 2 heterocycles. The summed E-state index contributed by atoms with van der Waals surface area (Å²) in [5.74, 6) is -3.06. The van der Waals surface area contributed by atoms with E-state index in [0.29, 0.717) is 0 Å². The standard InChI is InChI=1S/C16H12F3N3O4S2/c17-16(18,19)15(24)11(13(23)10-5-2-6-28-10)12(20-14(27)21-15)8-3-1-4-9(7-8)22(25)26/h1-7,11-12,24H,(H2,20,21,27). The Bertz CT molecular complexity index is 935. The summed E-state index contributed by atoms with van der Waals surface area (Å²) >= 11 is 5.72. The summed E-state index contributed by atoms with van der Waals surface area (Å²) in [6, 6.07) is 6.17. The molecule has 28 heavy (non-hydrogen) atoms. The van der Waals surface area contributed by atoms with Crippen LogP contribution in [0.25, 0.3) is 0 Å². The first kappa shape index (κ1) is 20.2. The van der Waals surface area contributed by atoms with Crippen LogP contribution in [0.2, 0.25) is 0 Å². The topological polar surface area (TPSA) is 104 Å². The van der Waals surface area contributed by atoms with Gasteiger partial charge < -0.3 is 15.7 Å². The van der Waals surface area contributed by atoms with Gasteiger partial charge in [0.15, 0.2) is 10.9 Å². The number of carbonyl (C=O) groups excluding carboxylic acids is 1. The lowest BCUT2D eigenvalue weighted by atomic mass is 9.78. The number of thiophene rings is 1. The van der Waals surface area contributed by atoms with E-state index in [1.54, 1.807) is 5.32 Å². The number of non-ortho nitro benzene ring substituents is 1. The van der Waals surface area contributed by atoms with Crippen LogP contribution in [-0.2, 0) is 0 Å². The monoisotopic (exact) mass is 431 g/mol. The average molecular weight is 431 g/mol. The molecule has 0 aliphatic carbocycles. The Kier molecular flexibility index (Phi) is 5.12. The van der Waals surface area contributed by atoms with Gasteiger partial charge in [-0.1, -0.05) is 18.2 Å². The number of aliphatic hydroxyl groups is 1. The fourth-order valence-corrected chi connectivity index (χ4v) is 4.01. The minimum atomic E-state index is -5.25. The van der Waals surface area contributed by atoms with Crippen LogP contribution in [-0.4, -0.2) is 32.8 Å². The fraction of sp³-hybridized carbons (Fsp3) is 0.250. The molecule has 2 aromatic rings. The predicted molar refractivity (Wildman–Crippen MR) is 97.9 cm³/mol. The molecule has 0 saturated carbocycles. The highest BCUT2D eigenvalue weighted by molar-refractivity contribution is 7.80. The first-order valence-electron chi connectivity index (χ1n) is 7.74. The number of Topliss-reactive ketones (excluding diaryl/α,β-unsaturated/α-hetero) is 1. The van der Waals surface area contributed by atoms with Gasteiger partial charge in [0.05, 0.1) is 15.8 Å². The van der Waals surface area contributed by atoms with Crippen LogP contribution in [0.15, 0.2) is 41.8 Å². The molecule has 0 bridgehead atoms. The highest BCUT2D eigenvalue weighted by Crippen LogP contribution is 2.44. The van der Waals surface area contributed by atoms with E-state index in [2.05, 4.69) is 5.32 Å². The van der Waals surface area contributed by atoms with Crippen LogP contribution in [0.3, 0.4) is 0 Å². The molecule has 1 saturated heterocycles. The van der Waals surface area contributed by atoms with Crippen LogP contribution in [0.1, 0.15) is 21.3 Å². The number of benzene rings is 1. The van der Waals surface area contributed by atoms with E-state index in [1.807, 2.05) is 0 Å². The quantitative estimate of drug-likeness (QED) is 0.296. The van der Waals surface area contributed by atoms with Gasteiger partial charge in [-0.3, -0.25) is 14.9 Å². The van der Waals surface area contributed by atoms with Crippen LogP contribution in [0.5, 0.6) is 0 Å². The Morgan fingerprint density at radius 2 is 2.04 bits per heavy atom. The SMILES string of the molecule is O=C(c1cccs1)C1C(c2cccc([N+](=O)[O-])c2)NC(=S)NC1(O)C(F)(F)F. The van der Waals surface area contributed by atoms with Crippen molar-refractivity contribution in [3.63, 3.8) is 0 Å². The lowest BCUT2D eigenvalue weighted by Gasteiger charge is -2.46. The van der Waals surface area contributed by atoms with Gasteiger partial charge in [-0.15, -0.1) is 11.3 Å². The van der Waals surface area contributed by atoms with Gasteiger partial charge >= 0.3 is 6.18 Å². The molecule has 148 valence electrons. The molecule has 1 aromatic heterocycles. The van der Waals surface area contributed by atoms with E-state index < -0.39 is 39.7 Å². The van der Waals surface area contributed by atoms with Gasteiger partial charge in [0, 0.05) is 12.1 Å². The summed E-state index contributed by atoms with van der Waals surface area (Å²) in [5, 5.41) is 26.8. The molecule has 1 aromatic carbocycles. The first-order valence-corrected chi connectivity index (χ1v) is 9.03. The third-order valence-corrected chi connectivity index (χ3v) is 5.40. The first-order chi connectivity index (χ1) is 13.0. The molecule has 0 radical (unpaired) electrons. The number of hydrogen-bond donors (Lipinski definition) is 3. The highest BCUT2D eigenvalue weighted by Gasteiger charge is 2.65. The van der Waals surface area contributed by atoms with Gasteiger partial charge in [-0.2, -0.15) is 13.2 Å². The van der Waals surface area contributed by atoms with Crippen molar-refractivity contribution < 1.29 is 28.0 Å². The molecule has 1 fully saturated rings. The van der Waals surface area contributed by atoms with Crippen molar-refractivity contribution >= 4 is 40.1 Å². The second-order valence-electron chi connectivity index (χ2n) is 6.01. The van der Waals surface area contributed by atoms with E-state index in [9.17, 15) is 33.2 Å². The maximum Gasteiger partial charge on any atom is 0.437 e. The smallest absolute Gasteiger partial charge is 0.363 e. The Hall–Kier alpha value is -2.57. The van der Waals surface area contributed by atoms with Crippen molar-refractivity contribution in [1.29, 1.82) is 0 Å². The number of rotatable bonds is 4. The van der Waals surface area contributed by atoms with Crippen LogP contribution < -0.4 is 10.6 Å². The van der Waals surface area contributed by atoms with Crippen molar-refractivity contribution in [3.8, 4) is 0 Å². The fourth-order valence-electron chi connectivity index (χ4n) is 3.02. The zero-order chi connectivity index (χ0) is 20.7. The lowest BCUT2D eigenvalue weighted by molar-refractivity contribution is -0.385. The number of halogens is 3. The Morgan fingerprint density at radius 3 is 2.61 bits per heavy atom. The summed E-state index contributed by atoms with van der Waals surface area (Å²) < 4.78 is 41.4. The summed E-state index contributed by atoms with van der Waals surface area (Å²) in [4.78, 5) is 23.3. The Balaban J connectivity index is 2.17. The number of ketones is 1. The number of alkyl halides is 3. The van der Waals surface area contributed by atoms with Crippen molar-refractivity contribution in [3.05, 3.63) is 62.3 Å². The van der Waals surface area contributed by atoms with Crippen molar-refractivity contribution in [2.45, 2.75) is 17.9 Å². The molecule has 12 heteroatoms. The Labute approximate surface area is 165 Å². The zero-order valence-electron chi connectivity index (χ0n) is 13.8. The van der Waals surface area contributed by atoms with Crippen LogP contribution in [0.4, 0.5) is 18.9 Å². The highest BCUT2D eigenvalue weighted by atomic mass is 32.1. The molecule has 0 amide bonds. The molecule has 3 N–H and O–H groups in total. The zero-order valence-corrected chi connectivity index (χ0v) is 15.4. The van der Waals surface area contributed by atoms with Gasteiger partial charge in [-0.25, -0.2) is 0 Å². The Morgan fingerprint density at radius 1 is 1.32 bits per heavy atom. The third kappa shape index (κ3) is 3.45. The average Bonchev–Trinajstić information content (AvgIpc) is 3.14. The number of nitro benzene ring substituents is 1. The van der Waals surface area contributed by atoms with Crippen molar-refractivity contribution in [1.82, 2.24) is 10.6 Å². The van der Waals surface area contributed by atoms with Gasteiger partial charge in [0.2, 0.25) is 5.72 Å². The number of nitrogens with zero attached hydrogens (tertiary/aromatic N) is 1. The largest absolute Gasteiger partial charge is 0.437 e. The molecule has 0 spiro atoms. The van der Waals surface area contributed by atoms with Gasteiger partial charge in [-0.05, 0) is 29.2 Å². The van der Waals surface area contributed by atoms with E-state index in [0.717, 1.165) is 23.5 Å². The second kappa shape index (κ2) is 7.11. The molecular weight excluding hydrogens is 419 g/mol.